The molecule has 0 radical (unpaired) electrons. The van der Waals surface area contributed by atoms with Gasteiger partial charge in [-0.05, 0) is 6.42 Å². The van der Waals surface area contributed by atoms with Gasteiger partial charge in [0.2, 0.25) is 0 Å². The number of aliphatic carboxylic acids is 1. The molecule has 0 aliphatic heterocycles. The van der Waals surface area contributed by atoms with E-state index in [2.05, 4.69) is 6.92 Å². The fraction of sp³-hybridized carbons (Fsp3) is 0.857. The zero-order chi connectivity index (χ0) is 8.20. The van der Waals surface area contributed by atoms with Crippen LogP contribution >= 0.6 is 0 Å². The van der Waals surface area contributed by atoms with Crippen molar-refractivity contribution in [1.29, 1.82) is 0 Å². The van der Waals surface area contributed by atoms with Gasteiger partial charge in [-0.2, -0.15) is 0 Å². The summed E-state index contributed by atoms with van der Waals surface area (Å²) in [5.41, 5.74) is 0. The number of likely N-dealkylation sites (N-methyl/N-ethyl adjacent to an activating group) is 1. The zero-order valence-corrected chi connectivity index (χ0v) is 8.06. The molecule has 0 saturated heterocycles. The predicted octanol–water partition coefficient (Wildman–Crippen LogP) is -2.44. The number of rotatable bonds is 4. The number of hydrogen-bond donors (Lipinski definition) is 1. The first-order valence-corrected chi connectivity index (χ1v) is 3.52. The number of carboxylic acids is 1. The first-order valence-electron chi connectivity index (χ1n) is 3.52. The molecule has 4 heteroatoms. The highest BCUT2D eigenvalue weighted by Gasteiger charge is 2.17. The van der Waals surface area contributed by atoms with Gasteiger partial charge in [0.1, 0.15) is 0 Å². The highest BCUT2D eigenvalue weighted by atomic mass is 35.5. The Morgan fingerprint density at radius 3 is 2.18 bits per heavy atom. The molecular formula is C7H16ClNO2. The molecule has 0 heterocycles. The third-order valence-electron chi connectivity index (χ3n) is 1.39. The second-order valence-corrected chi connectivity index (χ2v) is 3.21. The summed E-state index contributed by atoms with van der Waals surface area (Å²) in [7, 11) is 3.86. The molecule has 0 amide bonds. The van der Waals surface area contributed by atoms with Crippen LogP contribution in [0.2, 0.25) is 0 Å². The van der Waals surface area contributed by atoms with E-state index < -0.39 is 5.97 Å². The lowest BCUT2D eigenvalue weighted by molar-refractivity contribution is -0.883. The van der Waals surface area contributed by atoms with Crippen molar-refractivity contribution in [2.75, 3.05) is 27.2 Å². The topological polar surface area (TPSA) is 37.3 Å². The van der Waals surface area contributed by atoms with Crippen LogP contribution in [0.15, 0.2) is 0 Å². The third kappa shape index (κ3) is 7.62. The summed E-state index contributed by atoms with van der Waals surface area (Å²) in [5, 5.41) is 8.46. The van der Waals surface area contributed by atoms with Crippen molar-refractivity contribution in [2.45, 2.75) is 13.3 Å². The van der Waals surface area contributed by atoms with Crippen molar-refractivity contribution in [1.82, 2.24) is 0 Å². The summed E-state index contributed by atoms with van der Waals surface area (Å²) < 4.78 is 0.575. The molecule has 0 fully saturated rings. The Balaban J connectivity index is 0. The van der Waals surface area contributed by atoms with E-state index in [-0.39, 0.29) is 19.0 Å². The van der Waals surface area contributed by atoms with Gasteiger partial charge in [0.25, 0.3) is 0 Å². The van der Waals surface area contributed by atoms with Crippen LogP contribution in [0.4, 0.5) is 0 Å². The van der Waals surface area contributed by atoms with E-state index in [0.29, 0.717) is 4.48 Å². The molecule has 0 rings (SSSR count). The van der Waals surface area contributed by atoms with Crippen LogP contribution < -0.4 is 12.4 Å². The number of carboxylic acid groups (broad SMARTS) is 1. The summed E-state index contributed by atoms with van der Waals surface area (Å²) in [6.45, 7) is 3.20. The number of hydrogen-bond acceptors (Lipinski definition) is 1. The van der Waals surface area contributed by atoms with Gasteiger partial charge in [-0.15, -0.1) is 0 Å². The van der Waals surface area contributed by atoms with E-state index in [9.17, 15) is 4.79 Å². The second-order valence-electron chi connectivity index (χ2n) is 3.21. The zero-order valence-electron chi connectivity index (χ0n) is 7.30. The lowest BCUT2D eigenvalue weighted by Crippen LogP contribution is -3.00. The van der Waals surface area contributed by atoms with Crippen LogP contribution in [0.25, 0.3) is 0 Å². The lowest BCUT2D eigenvalue weighted by atomic mass is 10.4. The largest absolute Gasteiger partial charge is 1.00 e. The van der Waals surface area contributed by atoms with Gasteiger partial charge >= 0.3 is 5.97 Å². The molecule has 0 aromatic heterocycles. The van der Waals surface area contributed by atoms with E-state index in [4.69, 9.17) is 5.11 Å². The molecule has 0 aliphatic carbocycles. The van der Waals surface area contributed by atoms with Gasteiger partial charge in [0.05, 0.1) is 20.6 Å². The minimum absolute atomic E-state index is 0. The summed E-state index contributed by atoms with van der Waals surface area (Å²) >= 11 is 0. The highest BCUT2D eigenvalue weighted by molar-refractivity contribution is 5.67. The summed E-state index contributed by atoms with van der Waals surface area (Å²) in [6.07, 6.45) is 1.03. The molecule has 0 spiro atoms. The highest BCUT2D eigenvalue weighted by Crippen LogP contribution is 1.97. The SMILES string of the molecule is CCC[N+](C)(C)CC(=O)O.[Cl-]. The Hall–Kier alpha value is -0.280. The first kappa shape index (κ1) is 13.3. The molecular weight excluding hydrogens is 166 g/mol. The van der Waals surface area contributed by atoms with Gasteiger partial charge < -0.3 is 22.0 Å². The maximum atomic E-state index is 10.3. The average Bonchev–Trinajstić information content (AvgIpc) is 1.59. The molecule has 0 aromatic carbocycles. The van der Waals surface area contributed by atoms with Crippen molar-refractivity contribution in [2.24, 2.45) is 0 Å². The quantitative estimate of drug-likeness (QED) is 0.490. The van der Waals surface area contributed by atoms with Crippen LogP contribution in [-0.2, 0) is 4.79 Å². The minimum atomic E-state index is -0.724. The molecule has 0 bridgehead atoms. The van der Waals surface area contributed by atoms with Crippen molar-refractivity contribution in [3.8, 4) is 0 Å². The Morgan fingerprint density at radius 2 is 1.91 bits per heavy atom. The maximum Gasteiger partial charge on any atom is 0.359 e. The van der Waals surface area contributed by atoms with Gasteiger partial charge in [-0.1, -0.05) is 6.92 Å². The van der Waals surface area contributed by atoms with E-state index in [1.165, 1.54) is 0 Å². The average molecular weight is 182 g/mol. The summed E-state index contributed by atoms with van der Waals surface area (Å²) in [6, 6.07) is 0. The molecule has 0 aromatic rings. The number of halogens is 1. The van der Waals surface area contributed by atoms with Gasteiger partial charge in [0, 0.05) is 0 Å². The van der Waals surface area contributed by atoms with E-state index in [1.807, 2.05) is 14.1 Å². The maximum absolute atomic E-state index is 10.3. The molecule has 0 aliphatic rings. The molecule has 0 atom stereocenters. The van der Waals surface area contributed by atoms with Crippen molar-refractivity contribution in [3.63, 3.8) is 0 Å². The van der Waals surface area contributed by atoms with Crippen LogP contribution in [0.1, 0.15) is 13.3 Å². The van der Waals surface area contributed by atoms with Gasteiger partial charge in [0.15, 0.2) is 6.54 Å². The Morgan fingerprint density at radius 1 is 1.45 bits per heavy atom. The summed E-state index contributed by atoms with van der Waals surface area (Å²) in [4.78, 5) is 10.3. The van der Waals surface area contributed by atoms with Crippen LogP contribution in [0.5, 0.6) is 0 Å². The van der Waals surface area contributed by atoms with Crippen molar-refractivity contribution in [3.05, 3.63) is 0 Å². The first-order chi connectivity index (χ1) is 4.48. The van der Waals surface area contributed by atoms with Crippen LogP contribution in [0.3, 0.4) is 0 Å². The monoisotopic (exact) mass is 181 g/mol. The normalized spacial score (nSPS) is 10.5. The smallest absolute Gasteiger partial charge is 0.359 e. The van der Waals surface area contributed by atoms with E-state index >= 15 is 0 Å². The fourth-order valence-electron chi connectivity index (χ4n) is 1.05. The number of carbonyl (C=O) groups is 1. The Bertz CT molecular complexity index is 126. The van der Waals surface area contributed by atoms with E-state index in [0.717, 1.165) is 13.0 Å². The number of quaternary nitrogens is 1. The predicted molar refractivity (Wildman–Crippen MR) is 39.8 cm³/mol. The lowest BCUT2D eigenvalue weighted by Gasteiger charge is -2.26. The molecule has 1 N–H and O–H groups in total. The van der Waals surface area contributed by atoms with Crippen molar-refractivity contribution < 1.29 is 26.8 Å². The molecule has 3 nitrogen and oxygen atoms in total. The van der Waals surface area contributed by atoms with Crippen molar-refractivity contribution >= 4 is 5.97 Å². The molecule has 11 heavy (non-hydrogen) atoms. The van der Waals surface area contributed by atoms with Crippen LogP contribution in [-0.4, -0.2) is 42.7 Å². The molecule has 68 valence electrons. The van der Waals surface area contributed by atoms with E-state index in [1.54, 1.807) is 0 Å². The second kappa shape index (κ2) is 5.38. The Kier molecular flexibility index (Phi) is 6.52. The molecule has 0 unspecified atom stereocenters. The minimum Gasteiger partial charge on any atom is -1.00 e. The number of nitrogens with zero attached hydrogens (tertiary/aromatic N) is 1. The third-order valence-corrected chi connectivity index (χ3v) is 1.39. The molecule has 0 saturated carbocycles. The van der Waals surface area contributed by atoms with Crippen LogP contribution in [0, 0.1) is 0 Å². The van der Waals surface area contributed by atoms with Gasteiger partial charge in [-0.3, -0.25) is 0 Å². The van der Waals surface area contributed by atoms with Gasteiger partial charge in [-0.25, -0.2) is 4.79 Å². The Labute approximate surface area is 74.0 Å². The fourth-order valence-corrected chi connectivity index (χ4v) is 1.05. The standard InChI is InChI=1S/C7H15NO2.ClH/c1-4-5-8(2,3)6-7(9)10;/h4-6H2,1-3H3;1H. The summed E-state index contributed by atoms with van der Waals surface area (Å²) in [5.74, 6) is -0.724.